The quantitative estimate of drug-likeness (QED) is 0.905. The van der Waals surface area contributed by atoms with E-state index in [9.17, 15) is 9.59 Å². The van der Waals surface area contributed by atoms with Crippen LogP contribution in [0, 0.1) is 5.92 Å². The molecule has 1 aliphatic rings. The molecular formula is C19H25N3O3. The number of rotatable bonds is 5. The van der Waals surface area contributed by atoms with Gasteiger partial charge in [0.2, 0.25) is 5.91 Å². The van der Waals surface area contributed by atoms with Gasteiger partial charge in [-0.15, -0.1) is 0 Å². The van der Waals surface area contributed by atoms with Crippen LogP contribution in [0.1, 0.15) is 38.9 Å². The molecule has 0 unspecified atom stereocenters. The fourth-order valence-corrected chi connectivity index (χ4v) is 3.50. The van der Waals surface area contributed by atoms with Gasteiger partial charge in [0, 0.05) is 13.2 Å². The van der Waals surface area contributed by atoms with Crippen LogP contribution in [0.15, 0.2) is 29.1 Å². The van der Waals surface area contributed by atoms with Gasteiger partial charge in [-0.2, -0.15) is 0 Å². The maximum absolute atomic E-state index is 13.0. The zero-order valence-corrected chi connectivity index (χ0v) is 14.8. The van der Waals surface area contributed by atoms with Gasteiger partial charge in [0.05, 0.1) is 29.5 Å². The number of H-pyrrole nitrogens is 1. The second-order valence-corrected chi connectivity index (χ2v) is 6.45. The summed E-state index contributed by atoms with van der Waals surface area (Å²) in [7, 11) is 0. The number of benzene rings is 1. The molecular weight excluding hydrogens is 318 g/mol. The molecule has 1 aliphatic heterocycles. The van der Waals surface area contributed by atoms with Crippen LogP contribution in [0.5, 0.6) is 0 Å². The zero-order chi connectivity index (χ0) is 17.8. The number of carbonyl (C=O) groups is 1. The average Bonchev–Trinajstić information content (AvgIpc) is 2.65. The second kappa shape index (κ2) is 7.78. The van der Waals surface area contributed by atoms with E-state index < -0.39 is 0 Å². The Morgan fingerprint density at radius 1 is 1.36 bits per heavy atom. The van der Waals surface area contributed by atoms with Crippen LogP contribution < -0.4 is 5.56 Å². The lowest BCUT2D eigenvalue weighted by Crippen LogP contribution is -2.43. The number of ether oxygens (including phenoxy) is 1. The first kappa shape index (κ1) is 17.6. The first-order chi connectivity index (χ1) is 12.1. The van der Waals surface area contributed by atoms with Crippen molar-refractivity contribution in [2.75, 3.05) is 13.2 Å². The van der Waals surface area contributed by atoms with E-state index in [1.54, 1.807) is 11.0 Å². The number of fused-ring (bicyclic) bond motifs is 1. The number of carbonyl (C=O) groups excluding carboxylic acids is 1. The standard InChI is InChI=1S/C19H25N3O3/c1-3-16-14(9-7-11-25-16)19(24)22(4-2)12-17-20-15-10-6-5-8-13(15)18(23)21-17/h5-6,8,10,14,16H,3-4,7,9,11-12H2,1-2H3,(H,20,21,23)/t14-,16-/m1/s1. The molecule has 25 heavy (non-hydrogen) atoms. The van der Waals surface area contributed by atoms with Crippen molar-refractivity contribution in [3.8, 4) is 0 Å². The Bertz CT molecular complexity index is 802. The summed E-state index contributed by atoms with van der Waals surface area (Å²) in [5.74, 6) is 0.499. The Morgan fingerprint density at radius 3 is 2.92 bits per heavy atom. The summed E-state index contributed by atoms with van der Waals surface area (Å²) in [6, 6.07) is 7.23. The van der Waals surface area contributed by atoms with E-state index in [0.717, 1.165) is 25.9 Å². The number of amides is 1. The third-order valence-electron chi connectivity index (χ3n) is 4.86. The molecule has 0 aliphatic carbocycles. The number of hydrogen-bond acceptors (Lipinski definition) is 4. The van der Waals surface area contributed by atoms with Crippen LogP contribution in [0.3, 0.4) is 0 Å². The summed E-state index contributed by atoms with van der Waals surface area (Å²) < 4.78 is 5.76. The topological polar surface area (TPSA) is 75.3 Å². The van der Waals surface area contributed by atoms with Gasteiger partial charge in [0.25, 0.3) is 5.56 Å². The molecule has 1 fully saturated rings. The van der Waals surface area contributed by atoms with Gasteiger partial charge in [0.1, 0.15) is 5.82 Å². The van der Waals surface area contributed by atoms with Crippen molar-refractivity contribution in [1.29, 1.82) is 0 Å². The normalized spacial score (nSPS) is 20.6. The Balaban J connectivity index is 1.82. The number of aromatic amines is 1. The van der Waals surface area contributed by atoms with Gasteiger partial charge in [-0.05, 0) is 38.3 Å². The summed E-state index contributed by atoms with van der Waals surface area (Å²) in [5.41, 5.74) is 0.480. The maximum Gasteiger partial charge on any atom is 0.258 e. The lowest BCUT2D eigenvalue weighted by atomic mass is 9.91. The molecule has 6 heteroatoms. The van der Waals surface area contributed by atoms with E-state index in [1.165, 1.54) is 0 Å². The molecule has 0 saturated carbocycles. The van der Waals surface area contributed by atoms with Gasteiger partial charge in [0.15, 0.2) is 0 Å². The van der Waals surface area contributed by atoms with Crippen LogP contribution in [0.2, 0.25) is 0 Å². The summed E-state index contributed by atoms with van der Waals surface area (Å²) in [4.78, 5) is 34.3. The summed E-state index contributed by atoms with van der Waals surface area (Å²) in [6.45, 7) is 5.61. The fraction of sp³-hybridized carbons (Fsp3) is 0.526. The van der Waals surface area contributed by atoms with Crippen molar-refractivity contribution >= 4 is 16.8 Å². The van der Waals surface area contributed by atoms with Gasteiger partial charge in [-0.1, -0.05) is 19.1 Å². The zero-order valence-electron chi connectivity index (χ0n) is 14.8. The average molecular weight is 343 g/mol. The summed E-state index contributed by atoms with van der Waals surface area (Å²) in [6.07, 6.45) is 2.59. The Morgan fingerprint density at radius 2 is 2.16 bits per heavy atom. The van der Waals surface area contributed by atoms with Gasteiger partial charge < -0.3 is 14.6 Å². The van der Waals surface area contributed by atoms with E-state index in [4.69, 9.17) is 4.74 Å². The van der Waals surface area contributed by atoms with Crippen molar-refractivity contribution in [3.05, 3.63) is 40.4 Å². The number of nitrogens with zero attached hydrogens (tertiary/aromatic N) is 2. The molecule has 0 radical (unpaired) electrons. The molecule has 134 valence electrons. The van der Waals surface area contributed by atoms with E-state index in [2.05, 4.69) is 16.9 Å². The minimum absolute atomic E-state index is 0.0149. The molecule has 2 heterocycles. The van der Waals surface area contributed by atoms with Crippen LogP contribution in [-0.2, 0) is 16.1 Å². The predicted octanol–water partition coefficient (Wildman–Crippen LogP) is 2.48. The first-order valence-electron chi connectivity index (χ1n) is 9.02. The Labute approximate surface area is 147 Å². The number of hydrogen-bond donors (Lipinski definition) is 1. The van der Waals surface area contributed by atoms with Crippen molar-refractivity contribution in [1.82, 2.24) is 14.9 Å². The minimum atomic E-state index is -0.170. The minimum Gasteiger partial charge on any atom is -0.377 e. The van der Waals surface area contributed by atoms with Crippen molar-refractivity contribution < 1.29 is 9.53 Å². The van der Waals surface area contributed by atoms with Crippen molar-refractivity contribution in [3.63, 3.8) is 0 Å². The van der Waals surface area contributed by atoms with Gasteiger partial charge in [-0.3, -0.25) is 9.59 Å². The summed E-state index contributed by atoms with van der Waals surface area (Å²) in [5, 5.41) is 0.562. The highest BCUT2D eigenvalue weighted by molar-refractivity contribution is 5.80. The number of aromatic nitrogens is 2. The molecule has 1 aromatic heterocycles. The molecule has 1 N–H and O–H groups in total. The van der Waals surface area contributed by atoms with Crippen molar-refractivity contribution in [2.24, 2.45) is 5.92 Å². The van der Waals surface area contributed by atoms with Crippen LogP contribution >= 0.6 is 0 Å². The Kier molecular flexibility index (Phi) is 5.48. The number of nitrogens with one attached hydrogen (secondary N) is 1. The third-order valence-corrected chi connectivity index (χ3v) is 4.86. The van der Waals surface area contributed by atoms with E-state index >= 15 is 0 Å². The molecule has 0 spiro atoms. The van der Waals surface area contributed by atoms with Crippen molar-refractivity contribution in [2.45, 2.75) is 45.8 Å². The molecule has 1 aromatic carbocycles. The predicted molar refractivity (Wildman–Crippen MR) is 96.2 cm³/mol. The molecule has 1 amide bonds. The fourth-order valence-electron chi connectivity index (χ4n) is 3.50. The smallest absolute Gasteiger partial charge is 0.258 e. The molecule has 6 nitrogen and oxygen atoms in total. The molecule has 0 bridgehead atoms. The monoisotopic (exact) mass is 343 g/mol. The molecule has 1 saturated heterocycles. The highest BCUT2D eigenvalue weighted by Gasteiger charge is 2.33. The molecule has 2 atom stereocenters. The lowest BCUT2D eigenvalue weighted by molar-refractivity contribution is -0.145. The van der Waals surface area contributed by atoms with E-state index in [0.29, 0.717) is 29.8 Å². The highest BCUT2D eigenvalue weighted by atomic mass is 16.5. The molecule has 2 aromatic rings. The van der Waals surface area contributed by atoms with Gasteiger partial charge in [-0.25, -0.2) is 4.98 Å². The number of para-hydroxylation sites is 1. The second-order valence-electron chi connectivity index (χ2n) is 6.45. The Hall–Kier alpha value is -2.21. The van der Waals surface area contributed by atoms with Crippen LogP contribution in [0.4, 0.5) is 0 Å². The largest absolute Gasteiger partial charge is 0.377 e. The SMILES string of the molecule is CC[C@H]1OCCC[C@H]1C(=O)N(CC)Cc1nc2ccccc2c(=O)[nH]1. The van der Waals surface area contributed by atoms with Crippen LogP contribution in [0.25, 0.3) is 10.9 Å². The maximum atomic E-state index is 13.0. The van der Waals surface area contributed by atoms with E-state index in [1.807, 2.05) is 25.1 Å². The van der Waals surface area contributed by atoms with Crippen LogP contribution in [-0.4, -0.2) is 40.0 Å². The highest BCUT2D eigenvalue weighted by Crippen LogP contribution is 2.25. The molecule has 3 rings (SSSR count). The summed E-state index contributed by atoms with van der Waals surface area (Å²) >= 11 is 0. The third kappa shape index (κ3) is 3.74. The lowest BCUT2D eigenvalue weighted by Gasteiger charge is -2.33. The first-order valence-corrected chi connectivity index (χ1v) is 9.02. The van der Waals surface area contributed by atoms with Gasteiger partial charge >= 0.3 is 0 Å². The van der Waals surface area contributed by atoms with E-state index in [-0.39, 0.29) is 23.5 Å².